The smallest absolute Gasteiger partial charge is 0.303 e. The van der Waals surface area contributed by atoms with Crippen LogP contribution in [0.1, 0.15) is 33.1 Å². The van der Waals surface area contributed by atoms with E-state index in [-0.39, 0.29) is 18.4 Å². The van der Waals surface area contributed by atoms with Gasteiger partial charge in [-0.3, -0.25) is 4.79 Å². The van der Waals surface area contributed by atoms with Crippen molar-refractivity contribution in [3.8, 4) is 0 Å². The van der Waals surface area contributed by atoms with Crippen molar-refractivity contribution in [1.82, 2.24) is 0 Å². The molecule has 0 rings (SSSR count). The molecule has 0 bridgehead atoms. The van der Waals surface area contributed by atoms with Gasteiger partial charge in [0, 0.05) is 0 Å². The Kier molecular flexibility index (Phi) is 5.39. The topological polar surface area (TPSA) is 57.5 Å². The van der Waals surface area contributed by atoms with Crippen molar-refractivity contribution in [3.63, 3.8) is 0 Å². The monoisotopic (exact) mass is 186 g/mol. The number of carboxylic acids is 1. The van der Waals surface area contributed by atoms with Crippen LogP contribution >= 0.6 is 0 Å². The number of hydrogen-bond acceptors (Lipinski definition) is 2. The maximum atomic E-state index is 10.5. The minimum Gasteiger partial charge on any atom is -0.481 e. The third kappa shape index (κ3) is 6.34. The molecule has 0 aromatic carbocycles. The van der Waals surface area contributed by atoms with Gasteiger partial charge in [-0.1, -0.05) is 12.2 Å². The fourth-order valence-electron chi connectivity index (χ4n) is 1.18. The zero-order chi connectivity index (χ0) is 10.4. The number of carboxylic acid groups (broad SMARTS) is 1. The van der Waals surface area contributed by atoms with Gasteiger partial charge in [0.05, 0.1) is 12.5 Å². The van der Waals surface area contributed by atoms with Gasteiger partial charge in [0.1, 0.15) is 0 Å². The molecule has 0 amide bonds. The lowest BCUT2D eigenvalue weighted by Gasteiger charge is -2.15. The molecule has 0 saturated carbocycles. The molecule has 0 fully saturated rings. The standard InChI is InChI=1S/C10H18O3/c1-7(2)9(6-10(12)13)5-4-8(3)11/h8-9,11H,1,4-6H2,2-3H3,(H,12,13)/t8-,9+/m1/s1. The van der Waals surface area contributed by atoms with Gasteiger partial charge >= 0.3 is 5.97 Å². The van der Waals surface area contributed by atoms with E-state index in [1.54, 1.807) is 6.92 Å². The van der Waals surface area contributed by atoms with E-state index >= 15 is 0 Å². The molecule has 0 radical (unpaired) electrons. The van der Waals surface area contributed by atoms with Gasteiger partial charge in [-0.2, -0.15) is 0 Å². The molecule has 2 atom stereocenters. The first-order valence-corrected chi connectivity index (χ1v) is 4.48. The van der Waals surface area contributed by atoms with Gasteiger partial charge in [0.2, 0.25) is 0 Å². The first kappa shape index (κ1) is 12.2. The SMILES string of the molecule is C=C(C)[C@@H](CC[C@@H](C)O)CC(=O)O. The highest BCUT2D eigenvalue weighted by Crippen LogP contribution is 2.20. The van der Waals surface area contributed by atoms with E-state index in [2.05, 4.69) is 6.58 Å². The van der Waals surface area contributed by atoms with Crippen LogP contribution in [0.3, 0.4) is 0 Å². The molecule has 0 aliphatic heterocycles. The summed E-state index contributed by atoms with van der Waals surface area (Å²) in [4.78, 5) is 10.5. The second-order valence-corrected chi connectivity index (χ2v) is 3.57. The van der Waals surface area contributed by atoms with Crippen LogP contribution in [0.2, 0.25) is 0 Å². The quantitative estimate of drug-likeness (QED) is 0.622. The van der Waals surface area contributed by atoms with Gasteiger partial charge in [-0.15, -0.1) is 0 Å². The van der Waals surface area contributed by atoms with Crippen molar-refractivity contribution in [2.45, 2.75) is 39.2 Å². The Balaban J connectivity index is 3.95. The molecule has 2 N–H and O–H groups in total. The van der Waals surface area contributed by atoms with Crippen molar-refractivity contribution in [2.75, 3.05) is 0 Å². The minimum absolute atomic E-state index is 0.00731. The van der Waals surface area contributed by atoms with Crippen molar-refractivity contribution in [3.05, 3.63) is 12.2 Å². The van der Waals surface area contributed by atoms with Crippen LogP contribution in [0.25, 0.3) is 0 Å². The molecule has 76 valence electrons. The number of rotatable bonds is 6. The van der Waals surface area contributed by atoms with Gasteiger partial charge in [-0.25, -0.2) is 0 Å². The Hall–Kier alpha value is -0.830. The van der Waals surface area contributed by atoms with Crippen LogP contribution < -0.4 is 0 Å². The summed E-state index contributed by atoms with van der Waals surface area (Å²) in [7, 11) is 0. The Morgan fingerprint density at radius 2 is 2.00 bits per heavy atom. The lowest BCUT2D eigenvalue weighted by molar-refractivity contribution is -0.137. The number of aliphatic hydroxyl groups excluding tert-OH is 1. The largest absolute Gasteiger partial charge is 0.481 e. The second-order valence-electron chi connectivity index (χ2n) is 3.57. The summed E-state index contributed by atoms with van der Waals surface area (Å²) in [5.41, 5.74) is 0.878. The summed E-state index contributed by atoms with van der Waals surface area (Å²) in [5.74, 6) is -0.814. The van der Waals surface area contributed by atoms with Gasteiger partial charge in [0.15, 0.2) is 0 Å². The number of aliphatic hydroxyl groups is 1. The fourth-order valence-corrected chi connectivity index (χ4v) is 1.18. The predicted molar refractivity (Wildman–Crippen MR) is 51.5 cm³/mol. The van der Waals surface area contributed by atoms with Crippen LogP contribution in [0.5, 0.6) is 0 Å². The van der Waals surface area contributed by atoms with Crippen molar-refractivity contribution >= 4 is 5.97 Å². The predicted octanol–water partition coefficient (Wildman–Crippen LogP) is 1.81. The number of aliphatic carboxylic acids is 1. The molecule has 0 aliphatic rings. The van der Waals surface area contributed by atoms with Crippen molar-refractivity contribution in [1.29, 1.82) is 0 Å². The van der Waals surface area contributed by atoms with E-state index in [0.29, 0.717) is 12.8 Å². The summed E-state index contributed by atoms with van der Waals surface area (Å²) in [6.45, 7) is 7.28. The minimum atomic E-state index is -0.807. The summed E-state index contributed by atoms with van der Waals surface area (Å²) >= 11 is 0. The molecule has 0 spiro atoms. The molecule has 0 heterocycles. The molecule has 13 heavy (non-hydrogen) atoms. The van der Waals surface area contributed by atoms with Crippen LogP contribution in [0.15, 0.2) is 12.2 Å². The van der Waals surface area contributed by atoms with E-state index < -0.39 is 5.97 Å². The Morgan fingerprint density at radius 3 is 2.31 bits per heavy atom. The zero-order valence-electron chi connectivity index (χ0n) is 8.29. The van der Waals surface area contributed by atoms with Gasteiger partial charge < -0.3 is 10.2 Å². The number of carbonyl (C=O) groups is 1. The molecule has 0 aromatic heterocycles. The average Bonchev–Trinajstić information content (AvgIpc) is 1.96. The maximum Gasteiger partial charge on any atom is 0.303 e. The highest BCUT2D eigenvalue weighted by molar-refractivity contribution is 5.67. The first-order valence-electron chi connectivity index (χ1n) is 4.48. The maximum absolute atomic E-state index is 10.5. The molecule has 3 nitrogen and oxygen atoms in total. The number of allylic oxidation sites excluding steroid dienone is 1. The lowest BCUT2D eigenvalue weighted by atomic mass is 9.92. The van der Waals surface area contributed by atoms with E-state index in [1.165, 1.54) is 0 Å². The molecule has 0 aliphatic carbocycles. The zero-order valence-corrected chi connectivity index (χ0v) is 8.29. The van der Waals surface area contributed by atoms with Gasteiger partial charge in [0.25, 0.3) is 0 Å². The lowest BCUT2D eigenvalue weighted by Crippen LogP contribution is -2.11. The summed E-state index contributed by atoms with van der Waals surface area (Å²) in [5, 5.41) is 17.6. The summed E-state index contributed by atoms with van der Waals surface area (Å²) < 4.78 is 0. The fraction of sp³-hybridized carbons (Fsp3) is 0.700. The third-order valence-corrected chi connectivity index (χ3v) is 2.05. The van der Waals surface area contributed by atoms with E-state index in [1.807, 2.05) is 6.92 Å². The average molecular weight is 186 g/mol. The molecule has 3 heteroatoms. The number of hydrogen-bond donors (Lipinski definition) is 2. The van der Waals surface area contributed by atoms with Crippen LogP contribution in [-0.2, 0) is 4.79 Å². The molecular weight excluding hydrogens is 168 g/mol. The summed E-state index contributed by atoms with van der Waals surface area (Å²) in [6.07, 6.45) is 1.07. The second kappa shape index (κ2) is 5.75. The Bertz CT molecular complexity index is 185. The van der Waals surface area contributed by atoms with Crippen LogP contribution in [0, 0.1) is 5.92 Å². The highest BCUT2D eigenvalue weighted by atomic mass is 16.4. The van der Waals surface area contributed by atoms with Crippen LogP contribution in [0.4, 0.5) is 0 Å². The van der Waals surface area contributed by atoms with E-state index in [4.69, 9.17) is 10.2 Å². The molecule has 0 aromatic rings. The van der Waals surface area contributed by atoms with E-state index in [0.717, 1.165) is 5.57 Å². The first-order chi connectivity index (χ1) is 5.93. The third-order valence-electron chi connectivity index (χ3n) is 2.05. The Morgan fingerprint density at radius 1 is 1.46 bits per heavy atom. The van der Waals surface area contributed by atoms with Gasteiger partial charge in [-0.05, 0) is 32.6 Å². The highest BCUT2D eigenvalue weighted by Gasteiger charge is 2.14. The van der Waals surface area contributed by atoms with Crippen LogP contribution in [-0.4, -0.2) is 22.3 Å². The Labute approximate surface area is 79.1 Å². The normalized spacial score (nSPS) is 15.0. The molecular formula is C10H18O3. The molecule has 0 saturated heterocycles. The van der Waals surface area contributed by atoms with Crippen molar-refractivity contribution < 1.29 is 15.0 Å². The van der Waals surface area contributed by atoms with E-state index in [9.17, 15) is 4.79 Å². The summed E-state index contributed by atoms with van der Waals surface area (Å²) in [6, 6.07) is 0. The van der Waals surface area contributed by atoms with Crippen molar-refractivity contribution in [2.24, 2.45) is 5.92 Å². The molecule has 0 unspecified atom stereocenters.